The third kappa shape index (κ3) is 5.03. The van der Waals surface area contributed by atoms with Crippen LogP contribution >= 0.6 is 0 Å². The van der Waals surface area contributed by atoms with E-state index in [0.717, 1.165) is 44.8 Å². The third-order valence-corrected chi connectivity index (χ3v) is 5.34. The normalized spacial score (nSPS) is 20.8. The van der Waals surface area contributed by atoms with Crippen LogP contribution in [0.3, 0.4) is 0 Å². The standard InChI is InChI=1S/C20H31N3O2/c1-16-11-17(2)13-18(12-16)19(24)14-22-7-9-23(10-8-22)20(25)15-21-5-3-4-6-21/h11-13,19,24H,3-10,14-15H2,1-2H3. The van der Waals surface area contributed by atoms with E-state index in [4.69, 9.17) is 0 Å². The Morgan fingerprint density at radius 1 is 0.960 bits per heavy atom. The van der Waals surface area contributed by atoms with Gasteiger partial charge in [-0.2, -0.15) is 0 Å². The van der Waals surface area contributed by atoms with Crippen molar-refractivity contribution < 1.29 is 9.90 Å². The number of likely N-dealkylation sites (tertiary alicyclic amines) is 1. The first-order chi connectivity index (χ1) is 12.0. The average molecular weight is 345 g/mol. The van der Waals surface area contributed by atoms with Gasteiger partial charge in [-0.1, -0.05) is 29.3 Å². The van der Waals surface area contributed by atoms with Gasteiger partial charge in [-0.25, -0.2) is 0 Å². The van der Waals surface area contributed by atoms with Gasteiger partial charge in [-0.15, -0.1) is 0 Å². The van der Waals surface area contributed by atoms with Crippen LogP contribution in [0.25, 0.3) is 0 Å². The summed E-state index contributed by atoms with van der Waals surface area (Å²) in [5.41, 5.74) is 3.36. The minimum absolute atomic E-state index is 0.261. The van der Waals surface area contributed by atoms with E-state index in [-0.39, 0.29) is 5.91 Å². The van der Waals surface area contributed by atoms with Crippen LogP contribution < -0.4 is 0 Å². The Morgan fingerprint density at radius 2 is 1.56 bits per heavy atom. The van der Waals surface area contributed by atoms with E-state index in [9.17, 15) is 9.90 Å². The maximum Gasteiger partial charge on any atom is 0.236 e. The monoisotopic (exact) mass is 345 g/mol. The molecule has 1 unspecified atom stereocenters. The van der Waals surface area contributed by atoms with Crippen molar-refractivity contribution in [1.82, 2.24) is 14.7 Å². The zero-order valence-electron chi connectivity index (χ0n) is 15.6. The first-order valence-corrected chi connectivity index (χ1v) is 9.50. The Bertz CT molecular complexity index is 570. The molecule has 2 heterocycles. The van der Waals surface area contributed by atoms with Crippen molar-refractivity contribution in [2.45, 2.75) is 32.8 Å². The van der Waals surface area contributed by atoms with Crippen LogP contribution in [0.1, 0.15) is 35.6 Å². The fraction of sp³-hybridized carbons (Fsp3) is 0.650. The van der Waals surface area contributed by atoms with Crippen LogP contribution in [-0.4, -0.2) is 78.1 Å². The topological polar surface area (TPSA) is 47.0 Å². The lowest BCUT2D eigenvalue weighted by Crippen LogP contribution is -2.51. The maximum absolute atomic E-state index is 12.4. The molecule has 5 heteroatoms. The van der Waals surface area contributed by atoms with E-state index in [1.807, 2.05) is 4.90 Å². The number of aliphatic hydroxyl groups is 1. The van der Waals surface area contributed by atoms with Crippen LogP contribution in [0.2, 0.25) is 0 Å². The zero-order valence-corrected chi connectivity index (χ0v) is 15.6. The van der Waals surface area contributed by atoms with E-state index >= 15 is 0 Å². The molecular formula is C20H31N3O2. The molecule has 2 saturated heterocycles. The molecule has 25 heavy (non-hydrogen) atoms. The first kappa shape index (κ1) is 18.4. The molecule has 0 radical (unpaired) electrons. The summed E-state index contributed by atoms with van der Waals surface area (Å²) in [7, 11) is 0. The number of aliphatic hydroxyl groups excluding tert-OH is 1. The summed E-state index contributed by atoms with van der Waals surface area (Å²) in [4.78, 5) is 18.9. The van der Waals surface area contributed by atoms with Gasteiger partial charge in [-0.05, 0) is 45.3 Å². The summed E-state index contributed by atoms with van der Waals surface area (Å²) in [5.74, 6) is 0.261. The van der Waals surface area contributed by atoms with Crippen LogP contribution in [0.5, 0.6) is 0 Å². The highest BCUT2D eigenvalue weighted by Gasteiger charge is 2.25. The molecule has 0 saturated carbocycles. The highest BCUT2D eigenvalue weighted by Crippen LogP contribution is 2.19. The molecule has 0 aromatic heterocycles. The molecule has 1 amide bonds. The molecule has 2 aliphatic heterocycles. The number of carbonyl (C=O) groups is 1. The van der Waals surface area contributed by atoms with Crippen molar-refractivity contribution in [3.05, 3.63) is 34.9 Å². The minimum Gasteiger partial charge on any atom is -0.387 e. The van der Waals surface area contributed by atoms with Gasteiger partial charge >= 0.3 is 0 Å². The van der Waals surface area contributed by atoms with Gasteiger partial charge in [0.1, 0.15) is 0 Å². The van der Waals surface area contributed by atoms with Crippen molar-refractivity contribution >= 4 is 5.91 Å². The molecule has 3 rings (SSSR count). The van der Waals surface area contributed by atoms with Gasteiger partial charge in [-0.3, -0.25) is 14.6 Å². The van der Waals surface area contributed by atoms with Crippen molar-refractivity contribution in [3.63, 3.8) is 0 Å². The van der Waals surface area contributed by atoms with Crippen molar-refractivity contribution in [2.75, 3.05) is 52.4 Å². The van der Waals surface area contributed by atoms with E-state index in [1.165, 1.54) is 24.0 Å². The van der Waals surface area contributed by atoms with Crippen LogP contribution in [0.15, 0.2) is 18.2 Å². The van der Waals surface area contributed by atoms with Gasteiger partial charge < -0.3 is 10.0 Å². The van der Waals surface area contributed by atoms with Crippen LogP contribution in [0, 0.1) is 13.8 Å². The first-order valence-electron chi connectivity index (χ1n) is 9.50. The van der Waals surface area contributed by atoms with Gasteiger partial charge in [0, 0.05) is 32.7 Å². The average Bonchev–Trinajstić information content (AvgIpc) is 3.07. The Morgan fingerprint density at radius 3 is 2.16 bits per heavy atom. The molecule has 1 N–H and O–H groups in total. The van der Waals surface area contributed by atoms with Crippen molar-refractivity contribution in [1.29, 1.82) is 0 Å². The largest absolute Gasteiger partial charge is 0.387 e. The second-order valence-electron chi connectivity index (χ2n) is 7.60. The lowest BCUT2D eigenvalue weighted by Gasteiger charge is -2.36. The SMILES string of the molecule is Cc1cc(C)cc(C(O)CN2CCN(C(=O)CN3CCCC3)CC2)c1. The van der Waals surface area contributed by atoms with E-state index in [2.05, 4.69) is 41.8 Å². The predicted octanol–water partition coefficient (Wildman–Crippen LogP) is 1.58. The molecule has 2 fully saturated rings. The lowest BCUT2D eigenvalue weighted by atomic mass is 10.0. The smallest absolute Gasteiger partial charge is 0.236 e. The summed E-state index contributed by atoms with van der Waals surface area (Å²) >= 11 is 0. The lowest BCUT2D eigenvalue weighted by molar-refractivity contribution is -0.134. The Hall–Kier alpha value is -1.43. The van der Waals surface area contributed by atoms with E-state index in [0.29, 0.717) is 13.1 Å². The number of aryl methyl sites for hydroxylation is 2. The zero-order chi connectivity index (χ0) is 17.8. The number of piperazine rings is 1. The fourth-order valence-corrected chi connectivity index (χ4v) is 3.96. The number of nitrogens with zero attached hydrogens (tertiary/aromatic N) is 3. The highest BCUT2D eigenvalue weighted by molar-refractivity contribution is 5.78. The quantitative estimate of drug-likeness (QED) is 0.880. The summed E-state index contributed by atoms with van der Waals surface area (Å²) in [6.07, 6.45) is 1.97. The minimum atomic E-state index is -0.467. The number of benzene rings is 1. The molecule has 1 atom stereocenters. The number of rotatable bonds is 5. The maximum atomic E-state index is 12.4. The summed E-state index contributed by atoms with van der Waals surface area (Å²) < 4.78 is 0. The van der Waals surface area contributed by atoms with E-state index in [1.54, 1.807) is 0 Å². The molecule has 0 bridgehead atoms. The number of β-amino-alcohol motifs (C(OH)–C–C–N with tert-alkyl or cyclic N) is 1. The van der Waals surface area contributed by atoms with Gasteiger partial charge in [0.05, 0.1) is 12.6 Å². The predicted molar refractivity (Wildman–Crippen MR) is 99.6 cm³/mol. The van der Waals surface area contributed by atoms with Crippen molar-refractivity contribution in [2.24, 2.45) is 0 Å². The summed E-state index contributed by atoms with van der Waals surface area (Å²) in [6.45, 7) is 10.7. The second-order valence-corrected chi connectivity index (χ2v) is 7.60. The number of hydrogen-bond donors (Lipinski definition) is 1. The molecule has 5 nitrogen and oxygen atoms in total. The van der Waals surface area contributed by atoms with E-state index < -0.39 is 6.10 Å². The van der Waals surface area contributed by atoms with Gasteiger partial charge in [0.2, 0.25) is 5.91 Å². The molecule has 1 aromatic carbocycles. The molecule has 2 aliphatic rings. The number of hydrogen-bond acceptors (Lipinski definition) is 4. The number of carbonyl (C=O) groups excluding carboxylic acids is 1. The van der Waals surface area contributed by atoms with Crippen LogP contribution in [-0.2, 0) is 4.79 Å². The number of amides is 1. The molecule has 1 aromatic rings. The fourth-order valence-electron chi connectivity index (χ4n) is 3.96. The summed E-state index contributed by atoms with van der Waals surface area (Å²) in [5, 5.41) is 10.6. The molecule has 0 aliphatic carbocycles. The van der Waals surface area contributed by atoms with Gasteiger partial charge in [0.25, 0.3) is 0 Å². The Kier molecular flexibility index (Phi) is 6.10. The Labute approximate surface area is 151 Å². The summed E-state index contributed by atoms with van der Waals surface area (Å²) in [6, 6.07) is 6.25. The molecule has 0 spiro atoms. The van der Waals surface area contributed by atoms with Gasteiger partial charge in [0.15, 0.2) is 0 Å². The third-order valence-electron chi connectivity index (χ3n) is 5.34. The van der Waals surface area contributed by atoms with Crippen molar-refractivity contribution in [3.8, 4) is 0 Å². The molecular weight excluding hydrogens is 314 g/mol. The molecule has 138 valence electrons. The Balaban J connectivity index is 1.46. The highest BCUT2D eigenvalue weighted by atomic mass is 16.3. The van der Waals surface area contributed by atoms with Crippen LogP contribution in [0.4, 0.5) is 0 Å². The second kappa shape index (κ2) is 8.30.